The molecule has 0 amide bonds. The molecule has 1 aromatic rings. The maximum absolute atomic E-state index is 6.44. The van der Waals surface area contributed by atoms with Crippen molar-refractivity contribution in [2.24, 2.45) is 11.6 Å². The van der Waals surface area contributed by atoms with Gasteiger partial charge in [-0.2, -0.15) is 0 Å². The van der Waals surface area contributed by atoms with Gasteiger partial charge in [0.05, 0.1) is 11.4 Å². The van der Waals surface area contributed by atoms with Crippen LogP contribution < -0.4 is 17.0 Å². The highest BCUT2D eigenvalue weighted by Crippen LogP contribution is 2.37. The fourth-order valence-electron chi connectivity index (χ4n) is 3.21. The van der Waals surface area contributed by atoms with Crippen molar-refractivity contribution >= 4 is 5.70 Å². The number of rotatable bonds is 1. The van der Waals surface area contributed by atoms with Crippen molar-refractivity contribution in [3.05, 3.63) is 76.5 Å². The van der Waals surface area contributed by atoms with E-state index in [0.717, 1.165) is 35.4 Å². The Balaban J connectivity index is 2.26. The zero-order chi connectivity index (χ0) is 14.8. The van der Waals surface area contributed by atoms with E-state index in [1.54, 1.807) is 0 Å². The molecule has 0 bridgehead atoms. The van der Waals surface area contributed by atoms with Gasteiger partial charge in [-0.3, -0.25) is 5.84 Å². The van der Waals surface area contributed by atoms with Crippen LogP contribution in [0, 0.1) is 0 Å². The first-order valence-electron chi connectivity index (χ1n) is 7.33. The summed E-state index contributed by atoms with van der Waals surface area (Å²) in [5, 5.41) is 0. The smallest absolute Gasteiger partial charge is 0.0798 e. The van der Waals surface area contributed by atoms with Gasteiger partial charge in [0, 0.05) is 5.56 Å². The molecule has 0 saturated heterocycles. The van der Waals surface area contributed by atoms with Gasteiger partial charge in [-0.25, -0.2) is 0 Å². The molecule has 0 aromatic heterocycles. The van der Waals surface area contributed by atoms with E-state index in [1.165, 1.54) is 11.1 Å². The molecule has 3 heteroatoms. The molecule has 0 heterocycles. The summed E-state index contributed by atoms with van der Waals surface area (Å²) in [5.41, 5.74) is 15.7. The summed E-state index contributed by atoms with van der Waals surface area (Å²) in [5.74, 6) is 6.22. The number of hydrazine groups is 1. The first kappa shape index (κ1) is 13.7. The summed E-state index contributed by atoms with van der Waals surface area (Å²) in [4.78, 5) is 0. The van der Waals surface area contributed by atoms with Gasteiger partial charge in [-0.05, 0) is 29.9 Å². The lowest BCUT2D eigenvalue weighted by molar-refractivity contribution is 0.728. The number of hydrogen-bond donors (Lipinski definition) is 3. The highest BCUT2D eigenvalue weighted by Gasteiger charge is 2.22. The van der Waals surface area contributed by atoms with Crippen molar-refractivity contribution in [3.8, 4) is 0 Å². The monoisotopic (exact) mass is 279 g/mol. The number of hydrogen-bond acceptors (Lipinski definition) is 3. The molecule has 0 fully saturated rings. The molecule has 3 rings (SSSR count). The second-order valence-electron chi connectivity index (χ2n) is 5.63. The van der Waals surface area contributed by atoms with Crippen molar-refractivity contribution < 1.29 is 0 Å². The van der Waals surface area contributed by atoms with Crippen LogP contribution >= 0.6 is 0 Å². The summed E-state index contributed by atoms with van der Waals surface area (Å²) < 4.78 is 0. The van der Waals surface area contributed by atoms with Crippen LogP contribution in [0.3, 0.4) is 0 Å². The normalized spacial score (nSPS) is 21.3. The molecule has 1 aromatic carbocycles. The Morgan fingerprint density at radius 3 is 2.81 bits per heavy atom. The quantitative estimate of drug-likeness (QED) is 0.547. The lowest BCUT2D eigenvalue weighted by atomic mass is 9.83. The number of nitrogens with two attached hydrogens (primary N) is 2. The molecule has 21 heavy (non-hydrogen) atoms. The van der Waals surface area contributed by atoms with E-state index in [2.05, 4.69) is 48.8 Å². The SMILES string of the molecule is CC1CC2=C(C=CC=CC2)C(N)=C(NN)c2ccccc21. The molecule has 0 radical (unpaired) electrons. The second-order valence-corrected chi connectivity index (χ2v) is 5.63. The Hall–Kier alpha value is -2.26. The van der Waals surface area contributed by atoms with Gasteiger partial charge in [0.2, 0.25) is 0 Å². The second kappa shape index (κ2) is 5.62. The van der Waals surface area contributed by atoms with E-state index in [-0.39, 0.29) is 0 Å². The minimum absolute atomic E-state index is 0.433. The van der Waals surface area contributed by atoms with Gasteiger partial charge >= 0.3 is 0 Å². The molecule has 1 unspecified atom stereocenters. The van der Waals surface area contributed by atoms with Crippen LogP contribution in [0.15, 0.2) is 65.4 Å². The molecule has 5 N–H and O–H groups in total. The van der Waals surface area contributed by atoms with Gasteiger partial charge in [-0.15, -0.1) is 0 Å². The first-order chi connectivity index (χ1) is 10.2. The highest BCUT2D eigenvalue weighted by atomic mass is 15.2. The minimum atomic E-state index is 0.433. The minimum Gasteiger partial charge on any atom is -0.397 e. The third kappa shape index (κ3) is 2.41. The Morgan fingerprint density at radius 1 is 1.19 bits per heavy atom. The molecule has 108 valence electrons. The standard InChI is InChI=1S/C18H21N3/c1-12-11-13-7-3-2-4-9-15(13)17(19)18(21-20)16-10-6-5-8-14(12)16/h2-6,8-10,12,21H,7,11,19-20H2,1H3. The zero-order valence-electron chi connectivity index (χ0n) is 12.3. The molecule has 0 spiro atoms. The summed E-state index contributed by atoms with van der Waals surface area (Å²) >= 11 is 0. The van der Waals surface area contributed by atoms with E-state index < -0.39 is 0 Å². The van der Waals surface area contributed by atoms with Crippen LogP contribution in [-0.4, -0.2) is 0 Å². The Kier molecular flexibility index (Phi) is 3.67. The van der Waals surface area contributed by atoms with Crippen LogP contribution in [0.1, 0.15) is 36.8 Å². The van der Waals surface area contributed by atoms with Crippen molar-refractivity contribution in [2.75, 3.05) is 0 Å². The molecule has 0 saturated carbocycles. The summed E-state index contributed by atoms with van der Waals surface area (Å²) in [6.45, 7) is 2.26. The zero-order valence-corrected chi connectivity index (χ0v) is 12.3. The number of allylic oxidation sites excluding steroid dienone is 5. The molecule has 0 aliphatic heterocycles. The Bertz CT molecular complexity index is 677. The first-order valence-corrected chi connectivity index (χ1v) is 7.33. The predicted molar refractivity (Wildman–Crippen MR) is 87.8 cm³/mol. The van der Waals surface area contributed by atoms with E-state index >= 15 is 0 Å². The third-order valence-corrected chi connectivity index (χ3v) is 4.27. The van der Waals surface area contributed by atoms with Crippen LogP contribution in [0.4, 0.5) is 0 Å². The maximum Gasteiger partial charge on any atom is 0.0798 e. The number of benzene rings is 1. The van der Waals surface area contributed by atoms with Gasteiger partial charge in [0.25, 0.3) is 0 Å². The molecule has 2 aliphatic carbocycles. The fraction of sp³-hybridized carbons (Fsp3) is 0.222. The maximum atomic E-state index is 6.44. The Morgan fingerprint density at radius 2 is 2.00 bits per heavy atom. The van der Waals surface area contributed by atoms with Gasteiger partial charge < -0.3 is 11.2 Å². The molecular weight excluding hydrogens is 258 g/mol. The largest absolute Gasteiger partial charge is 0.397 e. The van der Waals surface area contributed by atoms with Crippen LogP contribution in [-0.2, 0) is 0 Å². The molecule has 3 nitrogen and oxygen atoms in total. The number of fused-ring (bicyclic) bond motifs is 1. The lowest BCUT2D eigenvalue weighted by Crippen LogP contribution is -2.26. The predicted octanol–water partition coefficient (Wildman–Crippen LogP) is 3.10. The van der Waals surface area contributed by atoms with Gasteiger partial charge in [-0.1, -0.05) is 61.1 Å². The third-order valence-electron chi connectivity index (χ3n) is 4.27. The lowest BCUT2D eigenvalue weighted by Gasteiger charge is -2.25. The van der Waals surface area contributed by atoms with E-state index in [4.69, 9.17) is 11.6 Å². The van der Waals surface area contributed by atoms with Crippen LogP contribution in [0.5, 0.6) is 0 Å². The van der Waals surface area contributed by atoms with E-state index in [9.17, 15) is 0 Å². The number of nitrogens with one attached hydrogen (secondary N) is 1. The average molecular weight is 279 g/mol. The summed E-state index contributed by atoms with van der Waals surface area (Å²) in [6.07, 6.45) is 10.3. The molecule has 2 aliphatic rings. The van der Waals surface area contributed by atoms with Crippen molar-refractivity contribution in [1.82, 2.24) is 5.43 Å². The Labute approximate surface area is 125 Å². The van der Waals surface area contributed by atoms with E-state index in [1.807, 2.05) is 12.1 Å². The summed E-state index contributed by atoms with van der Waals surface area (Å²) in [7, 11) is 0. The average Bonchev–Trinajstić information content (AvgIpc) is 2.72. The van der Waals surface area contributed by atoms with Crippen molar-refractivity contribution in [1.29, 1.82) is 0 Å². The van der Waals surface area contributed by atoms with Crippen molar-refractivity contribution in [3.63, 3.8) is 0 Å². The topological polar surface area (TPSA) is 64.1 Å². The highest BCUT2D eigenvalue weighted by molar-refractivity contribution is 5.75. The van der Waals surface area contributed by atoms with Crippen molar-refractivity contribution in [2.45, 2.75) is 25.7 Å². The van der Waals surface area contributed by atoms with Gasteiger partial charge in [0.1, 0.15) is 0 Å². The molecule has 1 atom stereocenters. The fourth-order valence-corrected chi connectivity index (χ4v) is 3.21. The summed E-state index contributed by atoms with van der Waals surface area (Å²) in [6, 6.07) is 8.34. The van der Waals surface area contributed by atoms with Gasteiger partial charge in [0.15, 0.2) is 0 Å². The van der Waals surface area contributed by atoms with Crippen LogP contribution in [0.25, 0.3) is 5.70 Å². The van der Waals surface area contributed by atoms with E-state index in [0.29, 0.717) is 5.92 Å². The van der Waals surface area contributed by atoms with Crippen LogP contribution in [0.2, 0.25) is 0 Å². The molecular formula is C18H21N3.